The lowest BCUT2D eigenvalue weighted by Gasteiger charge is -2.11. The molecule has 0 saturated carbocycles. The lowest BCUT2D eigenvalue weighted by Crippen LogP contribution is -1.91. The molecular weight excluding hydrogens is 356 g/mol. The number of aryl methyl sites for hydroxylation is 2. The molecule has 0 spiro atoms. The van der Waals surface area contributed by atoms with Gasteiger partial charge in [0.25, 0.3) is 0 Å². The third-order valence-electron chi connectivity index (χ3n) is 2.60. The zero-order chi connectivity index (χ0) is 13.1. The minimum absolute atomic E-state index is 0.778. The van der Waals surface area contributed by atoms with E-state index in [1.54, 1.807) is 0 Å². The highest BCUT2D eigenvalue weighted by molar-refractivity contribution is 9.10. The fourth-order valence-corrected chi connectivity index (χ4v) is 2.66. The van der Waals surface area contributed by atoms with Gasteiger partial charge in [-0.15, -0.1) is 0 Å². The van der Waals surface area contributed by atoms with Crippen LogP contribution >= 0.6 is 31.9 Å². The molecule has 0 atom stereocenters. The van der Waals surface area contributed by atoms with Gasteiger partial charge < -0.3 is 4.74 Å². The molecule has 0 aliphatic rings. The summed E-state index contributed by atoms with van der Waals surface area (Å²) >= 11 is 6.95. The van der Waals surface area contributed by atoms with Crippen molar-refractivity contribution < 1.29 is 4.74 Å². The molecule has 0 amide bonds. The van der Waals surface area contributed by atoms with Gasteiger partial charge in [-0.1, -0.05) is 44.0 Å². The van der Waals surface area contributed by atoms with Crippen LogP contribution in [0.25, 0.3) is 0 Å². The summed E-state index contributed by atoms with van der Waals surface area (Å²) in [5.41, 5.74) is 3.55. The highest BCUT2D eigenvalue weighted by Gasteiger charge is 2.06. The van der Waals surface area contributed by atoms with Crippen LogP contribution in [0.3, 0.4) is 0 Å². The summed E-state index contributed by atoms with van der Waals surface area (Å²) in [6.45, 7) is 4.15. The van der Waals surface area contributed by atoms with E-state index in [4.69, 9.17) is 4.74 Å². The van der Waals surface area contributed by atoms with Gasteiger partial charge in [-0.3, -0.25) is 0 Å². The highest BCUT2D eigenvalue weighted by atomic mass is 79.9. The molecule has 0 radical (unpaired) electrons. The van der Waals surface area contributed by atoms with E-state index in [1.807, 2.05) is 24.3 Å². The summed E-state index contributed by atoms with van der Waals surface area (Å²) in [7, 11) is 0. The van der Waals surface area contributed by atoms with E-state index in [0.717, 1.165) is 26.9 Å². The van der Waals surface area contributed by atoms with Crippen LogP contribution in [0.1, 0.15) is 16.7 Å². The van der Waals surface area contributed by atoms with Gasteiger partial charge in [0.05, 0.1) is 0 Å². The third-order valence-corrected chi connectivity index (χ3v) is 3.69. The van der Waals surface area contributed by atoms with Gasteiger partial charge in [-0.25, -0.2) is 0 Å². The second kappa shape index (κ2) is 5.89. The maximum atomic E-state index is 5.98. The first-order valence-electron chi connectivity index (χ1n) is 5.69. The molecular formula is C15H14Br2O. The molecule has 0 saturated heterocycles. The normalized spacial score (nSPS) is 10.4. The first-order chi connectivity index (χ1) is 8.58. The van der Waals surface area contributed by atoms with Crippen molar-refractivity contribution in [2.75, 3.05) is 0 Å². The molecule has 2 aromatic carbocycles. The van der Waals surface area contributed by atoms with E-state index >= 15 is 0 Å². The van der Waals surface area contributed by atoms with Gasteiger partial charge in [-0.05, 0) is 49.2 Å². The lowest BCUT2D eigenvalue weighted by molar-refractivity contribution is 0.477. The minimum atomic E-state index is 0.778. The molecule has 0 fully saturated rings. The Kier molecular flexibility index (Phi) is 4.46. The Bertz CT molecular complexity index is 544. The average molecular weight is 370 g/mol. The molecule has 3 heteroatoms. The van der Waals surface area contributed by atoms with Crippen LogP contribution in [-0.2, 0) is 5.33 Å². The van der Waals surface area contributed by atoms with Gasteiger partial charge in [-0.2, -0.15) is 0 Å². The van der Waals surface area contributed by atoms with E-state index in [1.165, 1.54) is 11.1 Å². The summed E-state index contributed by atoms with van der Waals surface area (Å²) in [6.07, 6.45) is 0. The largest absolute Gasteiger partial charge is 0.457 e. The van der Waals surface area contributed by atoms with Gasteiger partial charge in [0, 0.05) is 15.4 Å². The minimum Gasteiger partial charge on any atom is -0.457 e. The third kappa shape index (κ3) is 3.36. The highest BCUT2D eigenvalue weighted by Crippen LogP contribution is 2.30. The SMILES string of the molecule is Cc1cc(C)cc(Oc2cc(Br)ccc2CBr)c1. The second-order valence-electron chi connectivity index (χ2n) is 4.31. The molecule has 1 nitrogen and oxygen atoms in total. The van der Waals surface area contributed by atoms with Crippen LogP contribution in [0.4, 0.5) is 0 Å². The number of benzene rings is 2. The van der Waals surface area contributed by atoms with Crippen molar-refractivity contribution in [1.29, 1.82) is 0 Å². The lowest BCUT2D eigenvalue weighted by atomic mass is 10.1. The van der Waals surface area contributed by atoms with Gasteiger partial charge in [0.15, 0.2) is 0 Å². The molecule has 18 heavy (non-hydrogen) atoms. The molecule has 94 valence electrons. The van der Waals surface area contributed by atoms with Crippen LogP contribution in [0.2, 0.25) is 0 Å². The quantitative estimate of drug-likeness (QED) is 0.625. The number of rotatable bonds is 3. The fourth-order valence-electron chi connectivity index (χ4n) is 1.85. The molecule has 0 N–H and O–H groups in total. The van der Waals surface area contributed by atoms with E-state index in [2.05, 4.69) is 57.8 Å². The zero-order valence-corrected chi connectivity index (χ0v) is 13.5. The number of ether oxygens (including phenoxy) is 1. The Morgan fingerprint density at radius 2 is 1.67 bits per heavy atom. The first kappa shape index (κ1) is 13.6. The van der Waals surface area contributed by atoms with E-state index in [0.29, 0.717) is 0 Å². The Labute approximate surface area is 124 Å². The maximum absolute atomic E-state index is 5.98. The molecule has 0 aliphatic heterocycles. The van der Waals surface area contributed by atoms with Crippen molar-refractivity contribution in [3.63, 3.8) is 0 Å². The topological polar surface area (TPSA) is 9.23 Å². The Balaban J connectivity index is 2.35. The predicted octanol–water partition coefficient (Wildman–Crippen LogP) is 5.75. The summed E-state index contributed by atoms with van der Waals surface area (Å²) in [5.74, 6) is 1.76. The van der Waals surface area contributed by atoms with Crippen LogP contribution in [0.5, 0.6) is 11.5 Å². The van der Waals surface area contributed by atoms with Crippen LogP contribution in [0, 0.1) is 13.8 Å². The number of hydrogen-bond donors (Lipinski definition) is 0. The standard InChI is InChI=1S/C15H14Br2O/c1-10-5-11(2)7-14(6-10)18-15-8-13(17)4-3-12(15)9-16/h3-8H,9H2,1-2H3. The number of hydrogen-bond acceptors (Lipinski definition) is 1. The number of alkyl halides is 1. The smallest absolute Gasteiger partial charge is 0.132 e. The summed E-state index contributed by atoms with van der Waals surface area (Å²) in [6, 6.07) is 12.3. The molecule has 0 heterocycles. The Hall–Kier alpha value is -0.800. The van der Waals surface area contributed by atoms with Gasteiger partial charge in [0.2, 0.25) is 0 Å². The monoisotopic (exact) mass is 368 g/mol. The number of halogens is 2. The van der Waals surface area contributed by atoms with Crippen molar-refractivity contribution in [1.82, 2.24) is 0 Å². The fraction of sp³-hybridized carbons (Fsp3) is 0.200. The molecule has 2 rings (SSSR count). The average Bonchev–Trinajstić information content (AvgIpc) is 2.27. The van der Waals surface area contributed by atoms with Crippen molar-refractivity contribution >= 4 is 31.9 Å². The van der Waals surface area contributed by atoms with Crippen LogP contribution < -0.4 is 4.74 Å². The van der Waals surface area contributed by atoms with Crippen LogP contribution in [0.15, 0.2) is 40.9 Å². The Morgan fingerprint density at radius 1 is 1.00 bits per heavy atom. The molecule has 0 unspecified atom stereocenters. The predicted molar refractivity (Wildman–Crippen MR) is 82.8 cm³/mol. The van der Waals surface area contributed by atoms with Crippen molar-refractivity contribution in [2.24, 2.45) is 0 Å². The molecule has 2 aromatic rings. The summed E-state index contributed by atoms with van der Waals surface area (Å²) in [5, 5.41) is 0.778. The zero-order valence-electron chi connectivity index (χ0n) is 10.3. The van der Waals surface area contributed by atoms with Gasteiger partial charge in [0.1, 0.15) is 11.5 Å². The van der Waals surface area contributed by atoms with E-state index in [9.17, 15) is 0 Å². The van der Waals surface area contributed by atoms with E-state index < -0.39 is 0 Å². The summed E-state index contributed by atoms with van der Waals surface area (Å²) < 4.78 is 7.00. The van der Waals surface area contributed by atoms with Crippen LogP contribution in [-0.4, -0.2) is 0 Å². The maximum Gasteiger partial charge on any atom is 0.132 e. The second-order valence-corrected chi connectivity index (χ2v) is 5.79. The van der Waals surface area contributed by atoms with Crippen molar-refractivity contribution in [2.45, 2.75) is 19.2 Å². The van der Waals surface area contributed by atoms with E-state index in [-0.39, 0.29) is 0 Å². The van der Waals surface area contributed by atoms with Crippen molar-refractivity contribution in [3.8, 4) is 11.5 Å². The van der Waals surface area contributed by atoms with Gasteiger partial charge >= 0.3 is 0 Å². The molecule has 0 aromatic heterocycles. The first-order valence-corrected chi connectivity index (χ1v) is 7.60. The molecule has 0 aliphatic carbocycles. The summed E-state index contributed by atoms with van der Waals surface area (Å²) in [4.78, 5) is 0. The van der Waals surface area contributed by atoms with Crippen molar-refractivity contribution in [3.05, 3.63) is 57.6 Å². The Morgan fingerprint density at radius 3 is 2.28 bits per heavy atom. The molecule has 0 bridgehead atoms.